The molecule has 2 aromatic heterocycles. The topological polar surface area (TPSA) is 86.8 Å². The molecular weight excluding hydrogens is 330 g/mol. The second-order valence-corrected chi connectivity index (χ2v) is 6.63. The molecule has 0 atom stereocenters. The Hall–Kier alpha value is -3.35. The molecule has 0 saturated carbocycles. The number of aromatic nitrogens is 4. The normalized spacial score (nSPS) is 14.1. The lowest BCUT2D eigenvalue weighted by Crippen LogP contribution is -2.31. The summed E-state index contributed by atoms with van der Waals surface area (Å²) in [5.74, 6) is 1.46. The summed E-state index contributed by atoms with van der Waals surface area (Å²) in [4.78, 5) is 2.19. The van der Waals surface area contributed by atoms with Crippen molar-refractivity contribution in [1.82, 2.24) is 19.8 Å². The summed E-state index contributed by atoms with van der Waals surface area (Å²) < 4.78 is 1.78. The Balaban J connectivity index is 1.68. The zero-order valence-corrected chi connectivity index (χ0v) is 14.2. The molecule has 7 heteroatoms. The van der Waals surface area contributed by atoms with Gasteiger partial charge in [0.1, 0.15) is 0 Å². The number of rotatable bonds is 1. The maximum atomic E-state index is 9.85. The number of nitrogens with zero attached hydrogens (tertiary/aromatic N) is 5. The van der Waals surface area contributed by atoms with Gasteiger partial charge in [0.05, 0.1) is 0 Å². The van der Waals surface area contributed by atoms with E-state index in [1.165, 1.54) is 0 Å². The summed E-state index contributed by atoms with van der Waals surface area (Å²) in [7, 11) is 0. The number of anilines is 1. The lowest BCUT2D eigenvalue weighted by molar-refractivity contribution is 0.402. The second-order valence-electron chi connectivity index (χ2n) is 6.63. The number of benzene rings is 2. The minimum atomic E-state index is -0.0893. The van der Waals surface area contributed by atoms with Gasteiger partial charge in [-0.2, -0.15) is 4.52 Å². The summed E-state index contributed by atoms with van der Waals surface area (Å²) in [5.41, 5.74) is 2.81. The van der Waals surface area contributed by atoms with Gasteiger partial charge in [0.2, 0.25) is 0 Å². The van der Waals surface area contributed by atoms with Gasteiger partial charge in [-0.05, 0) is 36.6 Å². The number of hydrogen-bond acceptors (Lipinski definition) is 6. The SMILES string of the molecule is Cc1nnc2c3ccccc3c(N3CCc4cc(O)c(O)cc4C3)nn12. The number of hydrogen-bond donors (Lipinski definition) is 2. The van der Waals surface area contributed by atoms with Crippen molar-refractivity contribution >= 4 is 22.2 Å². The predicted octanol–water partition coefficient (Wildman–Crippen LogP) is 2.56. The van der Waals surface area contributed by atoms with Gasteiger partial charge < -0.3 is 15.1 Å². The van der Waals surface area contributed by atoms with Crippen LogP contribution in [0.15, 0.2) is 36.4 Å². The molecule has 2 N–H and O–H groups in total. The first-order chi connectivity index (χ1) is 12.6. The van der Waals surface area contributed by atoms with Gasteiger partial charge in [-0.3, -0.25) is 0 Å². The molecule has 0 radical (unpaired) electrons. The Morgan fingerprint density at radius 2 is 1.69 bits per heavy atom. The maximum Gasteiger partial charge on any atom is 0.185 e. The highest BCUT2D eigenvalue weighted by Crippen LogP contribution is 2.34. The zero-order chi connectivity index (χ0) is 17.8. The fourth-order valence-electron chi connectivity index (χ4n) is 3.66. The van der Waals surface area contributed by atoms with Crippen LogP contribution in [0.5, 0.6) is 11.5 Å². The van der Waals surface area contributed by atoms with Gasteiger partial charge in [-0.15, -0.1) is 15.3 Å². The fourth-order valence-corrected chi connectivity index (χ4v) is 3.66. The molecule has 0 unspecified atom stereocenters. The first kappa shape index (κ1) is 14.9. The van der Waals surface area contributed by atoms with Crippen molar-refractivity contribution in [2.24, 2.45) is 0 Å². The first-order valence-electron chi connectivity index (χ1n) is 8.51. The lowest BCUT2D eigenvalue weighted by atomic mass is 9.98. The number of aromatic hydroxyl groups is 2. The third-order valence-corrected chi connectivity index (χ3v) is 5.01. The molecule has 0 bridgehead atoms. The van der Waals surface area contributed by atoms with Gasteiger partial charge in [-0.25, -0.2) is 0 Å². The molecule has 1 aliphatic rings. The van der Waals surface area contributed by atoms with Crippen LogP contribution in [0.3, 0.4) is 0 Å². The third-order valence-electron chi connectivity index (χ3n) is 5.01. The van der Waals surface area contributed by atoms with E-state index in [0.29, 0.717) is 6.54 Å². The zero-order valence-electron chi connectivity index (χ0n) is 14.2. The number of aryl methyl sites for hydroxylation is 1. The van der Waals surface area contributed by atoms with Crippen molar-refractivity contribution in [2.75, 3.05) is 11.4 Å². The quantitative estimate of drug-likeness (QED) is 0.515. The Morgan fingerprint density at radius 3 is 2.50 bits per heavy atom. The van der Waals surface area contributed by atoms with Gasteiger partial charge in [-0.1, -0.05) is 24.3 Å². The van der Waals surface area contributed by atoms with E-state index < -0.39 is 0 Å². The first-order valence-corrected chi connectivity index (χ1v) is 8.51. The standard InChI is InChI=1S/C19H17N5O2/c1-11-20-21-18-14-4-2-3-5-15(14)19(22-24(11)18)23-7-6-12-8-16(25)17(26)9-13(12)10-23/h2-5,8-9,25-26H,6-7,10H2,1H3. The Kier molecular flexibility index (Phi) is 3.06. The molecule has 130 valence electrons. The number of phenolic OH excluding ortho intramolecular Hbond substituents is 2. The van der Waals surface area contributed by atoms with Crippen LogP contribution in [0.1, 0.15) is 17.0 Å². The highest BCUT2D eigenvalue weighted by molar-refractivity contribution is 6.00. The van der Waals surface area contributed by atoms with Crippen LogP contribution < -0.4 is 4.90 Å². The van der Waals surface area contributed by atoms with Crippen molar-refractivity contribution in [1.29, 1.82) is 0 Å². The van der Waals surface area contributed by atoms with Crippen LogP contribution in [0, 0.1) is 6.92 Å². The fraction of sp³-hybridized carbons (Fsp3) is 0.211. The molecule has 26 heavy (non-hydrogen) atoms. The average molecular weight is 347 g/mol. The van der Waals surface area contributed by atoms with E-state index in [4.69, 9.17) is 5.10 Å². The van der Waals surface area contributed by atoms with E-state index in [2.05, 4.69) is 15.1 Å². The van der Waals surface area contributed by atoms with Crippen LogP contribution in [-0.2, 0) is 13.0 Å². The molecule has 0 spiro atoms. The highest BCUT2D eigenvalue weighted by atomic mass is 16.3. The van der Waals surface area contributed by atoms with Crippen LogP contribution in [0.25, 0.3) is 16.4 Å². The maximum absolute atomic E-state index is 9.85. The largest absolute Gasteiger partial charge is 0.504 e. The van der Waals surface area contributed by atoms with Gasteiger partial charge in [0, 0.05) is 23.9 Å². The van der Waals surface area contributed by atoms with Gasteiger partial charge >= 0.3 is 0 Å². The molecular formula is C19H17N5O2. The van der Waals surface area contributed by atoms with E-state index in [1.54, 1.807) is 16.6 Å². The Labute approximate surface area is 149 Å². The average Bonchev–Trinajstić information content (AvgIpc) is 3.03. The highest BCUT2D eigenvalue weighted by Gasteiger charge is 2.23. The van der Waals surface area contributed by atoms with Crippen molar-refractivity contribution in [3.63, 3.8) is 0 Å². The van der Waals surface area contributed by atoms with Crippen molar-refractivity contribution in [3.8, 4) is 11.5 Å². The Bertz CT molecular complexity index is 1170. The van der Waals surface area contributed by atoms with E-state index in [9.17, 15) is 10.2 Å². The minimum Gasteiger partial charge on any atom is -0.504 e. The molecule has 0 aliphatic carbocycles. The van der Waals surface area contributed by atoms with E-state index >= 15 is 0 Å². The molecule has 1 aliphatic heterocycles. The second kappa shape index (κ2) is 5.32. The monoisotopic (exact) mass is 347 g/mol. The summed E-state index contributed by atoms with van der Waals surface area (Å²) in [6.45, 7) is 3.28. The summed E-state index contributed by atoms with van der Waals surface area (Å²) >= 11 is 0. The molecule has 0 amide bonds. The molecule has 3 heterocycles. The molecule has 0 saturated heterocycles. The molecule has 7 nitrogen and oxygen atoms in total. The van der Waals surface area contributed by atoms with E-state index in [0.717, 1.165) is 52.2 Å². The van der Waals surface area contributed by atoms with Crippen LogP contribution >= 0.6 is 0 Å². The molecule has 2 aromatic carbocycles. The van der Waals surface area contributed by atoms with Crippen molar-refractivity contribution in [2.45, 2.75) is 19.9 Å². The third kappa shape index (κ3) is 2.10. The van der Waals surface area contributed by atoms with Crippen molar-refractivity contribution < 1.29 is 10.2 Å². The number of phenols is 2. The van der Waals surface area contributed by atoms with Gasteiger partial charge in [0.15, 0.2) is 28.8 Å². The molecule has 0 fully saturated rings. The summed E-state index contributed by atoms with van der Waals surface area (Å²) in [6, 6.07) is 11.4. The van der Waals surface area contributed by atoms with E-state index in [-0.39, 0.29) is 11.5 Å². The molecule has 4 aromatic rings. The van der Waals surface area contributed by atoms with Crippen LogP contribution in [-0.4, -0.2) is 36.6 Å². The van der Waals surface area contributed by atoms with Crippen LogP contribution in [0.4, 0.5) is 5.82 Å². The van der Waals surface area contributed by atoms with E-state index in [1.807, 2.05) is 31.2 Å². The lowest BCUT2D eigenvalue weighted by Gasteiger charge is -2.30. The van der Waals surface area contributed by atoms with Crippen molar-refractivity contribution in [3.05, 3.63) is 53.3 Å². The minimum absolute atomic E-state index is 0.0673. The van der Waals surface area contributed by atoms with Gasteiger partial charge in [0.25, 0.3) is 0 Å². The summed E-state index contributed by atoms with van der Waals surface area (Å²) in [6.07, 6.45) is 0.776. The Morgan fingerprint density at radius 1 is 0.962 bits per heavy atom. The summed E-state index contributed by atoms with van der Waals surface area (Å²) in [5, 5.41) is 34.8. The predicted molar refractivity (Wildman–Crippen MR) is 97.6 cm³/mol. The number of fused-ring (bicyclic) bond motifs is 4. The molecule has 5 rings (SSSR count). The van der Waals surface area contributed by atoms with Crippen LogP contribution in [0.2, 0.25) is 0 Å². The smallest absolute Gasteiger partial charge is 0.185 e.